The number of para-hydroxylation sites is 4. The summed E-state index contributed by atoms with van der Waals surface area (Å²) in [5, 5.41) is 0. The van der Waals surface area contributed by atoms with Crippen molar-refractivity contribution in [1.29, 1.82) is 0 Å². The summed E-state index contributed by atoms with van der Waals surface area (Å²) in [4.78, 5) is 6.60. The molecule has 0 saturated heterocycles. The Balaban J connectivity index is 1.28. The van der Waals surface area contributed by atoms with Crippen LogP contribution in [0.5, 0.6) is 0 Å². The van der Waals surface area contributed by atoms with Gasteiger partial charge in [-0.3, -0.25) is 0 Å². The third kappa shape index (κ3) is 6.65. The summed E-state index contributed by atoms with van der Waals surface area (Å²) in [5.74, 6) is 2.78. The fourth-order valence-corrected chi connectivity index (χ4v) is 6.53. The molecule has 0 unspecified atom stereocenters. The number of nitrogens with zero attached hydrogens (tertiary/aromatic N) is 2. The first-order valence-corrected chi connectivity index (χ1v) is 16.4. The molecule has 224 valence electrons. The summed E-state index contributed by atoms with van der Waals surface area (Å²) in [6.07, 6.45) is 7.97. The molecule has 3 heteroatoms. The lowest BCUT2D eigenvalue weighted by molar-refractivity contribution is 1.28. The molecular formula is C44H32N2S. The highest BCUT2D eigenvalue weighted by atomic mass is 32.1. The molecule has 1 heterocycles. The van der Waals surface area contributed by atoms with Crippen molar-refractivity contribution >= 4 is 57.1 Å². The van der Waals surface area contributed by atoms with E-state index in [0.717, 1.165) is 60.6 Å². The van der Waals surface area contributed by atoms with Gasteiger partial charge in [0.2, 0.25) is 0 Å². The molecule has 0 aliphatic carbocycles. The molecule has 0 amide bonds. The summed E-state index contributed by atoms with van der Waals surface area (Å²) in [7, 11) is 0. The highest BCUT2D eigenvalue weighted by Gasteiger charge is 2.15. The third-order valence-electron chi connectivity index (χ3n) is 7.99. The van der Waals surface area contributed by atoms with Gasteiger partial charge in [-0.2, -0.15) is 0 Å². The van der Waals surface area contributed by atoms with Crippen LogP contribution in [0.1, 0.15) is 20.9 Å². The van der Waals surface area contributed by atoms with E-state index in [1.54, 1.807) is 11.3 Å². The second-order valence-electron chi connectivity index (χ2n) is 11.0. The Morgan fingerprint density at radius 1 is 0.426 bits per heavy atom. The molecule has 7 aromatic rings. The van der Waals surface area contributed by atoms with Crippen molar-refractivity contribution < 1.29 is 0 Å². The summed E-state index contributed by atoms with van der Waals surface area (Å²) in [6, 6.07) is 63.7. The number of terminal acetylenes is 1. The molecule has 0 spiro atoms. The van der Waals surface area contributed by atoms with Crippen molar-refractivity contribution in [2.45, 2.75) is 0 Å². The van der Waals surface area contributed by atoms with Gasteiger partial charge >= 0.3 is 0 Å². The maximum atomic E-state index is 5.73. The summed E-state index contributed by atoms with van der Waals surface area (Å²) in [6.45, 7) is 0. The van der Waals surface area contributed by atoms with Gasteiger partial charge in [0.25, 0.3) is 0 Å². The zero-order valence-electron chi connectivity index (χ0n) is 25.8. The predicted octanol–water partition coefficient (Wildman–Crippen LogP) is 12.3. The molecule has 0 saturated carbocycles. The van der Waals surface area contributed by atoms with E-state index >= 15 is 0 Å². The lowest BCUT2D eigenvalue weighted by Crippen LogP contribution is -2.10. The predicted molar refractivity (Wildman–Crippen MR) is 201 cm³/mol. The van der Waals surface area contributed by atoms with E-state index in [1.807, 2.05) is 30.3 Å². The van der Waals surface area contributed by atoms with Gasteiger partial charge in [-0.15, -0.1) is 17.8 Å². The fourth-order valence-electron chi connectivity index (χ4n) is 5.77. The standard InChI is InChI=1S/C44H32N2S/c1-2-42-31-32-43(47-42)33-44(34-23-27-40(28-24-34)45(36-15-7-3-8-16-36)37-17-9-4-10-18-37)35-25-29-41(30-26-35)46(38-19-11-5-12-20-38)39-21-13-6-14-22-39/h1,3-33H. The Bertz CT molecular complexity index is 1900. The van der Waals surface area contributed by atoms with Crippen LogP contribution in [0.4, 0.5) is 34.1 Å². The van der Waals surface area contributed by atoms with Crippen molar-refractivity contribution in [2.24, 2.45) is 0 Å². The Kier molecular flexibility index (Phi) is 8.77. The Labute approximate surface area is 281 Å². The lowest BCUT2D eigenvalue weighted by atomic mass is 9.96. The fraction of sp³-hybridized carbons (Fsp3) is 0. The molecule has 6 aromatic carbocycles. The summed E-state index contributed by atoms with van der Waals surface area (Å²) >= 11 is 1.63. The molecule has 2 nitrogen and oxygen atoms in total. The molecule has 7 rings (SSSR count). The molecule has 0 radical (unpaired) electrons. The second kappa shape index (κ2) is 13.9. The van der Waals surface area contributed by atoms with Crippen LogP contribution in [0.2, 0.25) is 0 Å². The largest absolute Gasteiger partial charge is 0.311 e. The van der Waals surface area contributed by atoms with Crippen molar-refractivity contribution in [1.82, 2.24) is 0 Å². The van der Waals surface area contributed by atoms with Gasteiger partial charge in [0, 0.05) is 39.0 Å². The second-order valence-corrected chi connectivity index (χ2v) is 12.1. The molecule has 0 aliphatic rings. The average molecular weight is 621 g/mol. The van der Waals surface area contributed by atoms with Gasteiger partial charge < -0.3 is 9.80 Å². The van der Waals surface area contributed by atoms with E-state index in [0.29, 0.717) is 0 Å². The van der Waals surface area contributed by atoms with E-state index in [1.165, 1.54) is 0 Å². The van der Waals surface area contributed by atoms with Crippen LogP contribution >= 0.6 is 11.3 Å². The van der Waals surface area contributed by atoms with Crippen molar-refractivity contribution in [3.8, 4) is 12.3 Å². The summed E-state index contributed by atoms with van der Waals surface area (Å²) in [5.41, 5.74) is 10.0. The smallest absolute Gasteiger partial charge is 0.0772 e. The van der Waals surface area contributed by atoms with Crippen LogP contribution in [-0.4, -0.2) is 0 Å². The van der Waals surface area contributed by atoms with Crippen LogP contribution in [0.25, 0.3) is 11.6 Å². The van der Waals surface area contributed by atoms with Crippen molar-refractivity contribution in [3.63, 3.8) is 0 Å². The van der Waals surface area contributed by atoms with Crippen LogP contribution in [0.3, 0.4) is 0 Å². The van der Waals surface area contributed by atoms with E-state index < -0.39 is 0 Å². The van der Waals surface area contributed by atoms with Gasteiger partial charge in [0.1, 0.15) is 0 Å². The van der Waals surface area contributed by atoms with E-state index in [-0.39, 0.29) is 0 Å². The zero-order valence-corrected chi connectivity index (χ0v) is 26.6. The molecule has 1 aromatic heterocycles. The molecule has 0 N–H and O–H groups in total. The minimum Gasteiger partial charge on any atom is -0.311 e. The number of benzene rings is 6. The van der Waals surface area contributed by atoms with Crippen LogP contribution in [0.15, 0.2) is 182 Å². The first kappa shape index (κ1) is 29.6. The van der Waals surface area contributed by atoms with Crippen LogP contribution < -0.4 is 9.80 Å². The lowest BCUT2D eigenvalue weighted by Gasteiger charge is -2.26. The van der Waals surface area contributed by atoms with Gasteiger partial charge in [0.05, 0.1) is 4.88 Å². The van der Waals surface area contributed by atoms with Crippen LogP contribution in [-0.2, 0) is 0 Å². The first-order valence-electron chi connectivity index (χ1n) is 15.6. The maximum Gasteiger partial charge on any atom is 0.0772 e. The number of hydrogen-bond donors (Lipinski definition) is 0. The number of rotatable bonds is 9. The Hall–Kier alpha value is -6.08. The monoisotopic (exact) mass is 620 g/mol. The minimum absolute atomic E-state index is 0.920. The third-order valence-corrected chi connectivity index (χ3v) is 8.95. The number of anilines is 6. The zero-order chi connectivity index (χ0) is 31.8. The average Bonchev–Trinajstić information content (AvgIpc) is 3.61. The van der Waals surface area contributed by atoms with Crippen LogP contribution in [0, 0.1) is 12.3 Å². The summed E-state index contributed by atoms with van der Waals surface area (Å²) < 4.78 is 0. The number of thiophene rings is 1. The number of hydrogen-bond acceptors (Lipinski definition) is 3. The van der Waals surface area contributed by atoms with E-state index in [4.69, 9.17) is 6.42 Å². The SMILES string of the molecule is C#Cc1ccc(C=C(c2ccc(N(c3ccccc3)c3ccccc3)cc2)c2ccc(N(c3ccccc3)c3ccccc3)cc2)s1. The highest BCUT2D eigenvalue weighted by molar-refractivity contribution is 7.13. The van der Waals surface area contributed by atoms with E-state index in [9.17, 15) is 0 Å². The van der Waals surface area contributed by atoms with Gasteiger partial charge in [-0.1, -0.05) is 103 Å². The Morgan fingerprint density at radius 3 is 1.09 bits per heavy atom. The quantitative estimate of drug-likeness (QED) is 0.148. The van der Waals surface area contributed by atoms with Gasteiger partial charge in [-0.05, 0) is 108 Å². The van der Waals surface area contributed by atoms with E-state index in [2.05, 4.69) is 173 Å². The highest BCUT2D eigenvalue weighted by Crippen LogP contribution is 2.38. The normalized spacial score (nSPS) is 10.5. The molecule has 0 aliphatic heterocycles. The maximum absolute atomic E-state index is 5.73. The molecule has 0 atom stereocenters. The molecule has 47 heavy (non-hydrogen) atoms. The van der Waals surface area contributed by atoms with Gasteiger partial charge in [0.15, 0.2) is 0 Å². The van der Waals surface area contributed by atoms with Crippen molar-refractivity contribution in [3.05, 3.63) is 203 Å². The van der Waals surface area contributed by atoms with Gasteiger partial charge in [-0.25, -0.2) is 0 Å². The topological polar surface area (TPSA) is 6.48 Å². The minimum atomic E-state index is 0.920. The molecular weight excluding hydrogens is 589 g/mol. The molecule has 0 bridgehead atoms. The van der Waals surface area contributed by atoms with Crippen molar-refractivity contribution in [2.75, 3.05) is 9.80 Å². The molecule has 0 fully saturated rings. The first-order chi connectivity index (χ1) is 23.3. The Morgan fingerprint density at radius 2 is 0.766 bits per heavy atom.